The number of carbonyl (C=O) groups is 1. The lowest BCUT2D eigenvalue weighted by molar-refractivity contribution is -0.135. The number of hydrogen-bond donors (Lipinski definition) is 1. The summed E-state index contributed by atoms with van der Waals surface area (Å²) >= 11 is 0. The van der Waals surface area contributed by atoms with Crippen molar-refractivity contribution in [1.29, 1.82) is 0 Å². The first-order valence-electron chi connectivity index (χ1n) is 5.76. The van der Waals surface area contributed by atoms with Gasteiger partial charge in [-0.15, -0.1) is 6.42 Å². The Bertz CT molecular complexity index is 274. The number of terminal acetylenes is 1. The van der Waals surface area contributed by atoms with Crippen LogP contribution in [0.25, 0.3) is 0 Å². The lowest BCUT2D eigenvalue weighted by atomic mass is 10.0. The van der Waals surface area contributed by atoms with E-state index in [1.165, 1.54) is 0 Å². The minimum atomic E-state index is -0.376. The van der Waals surface area contributed by atoms with Gasteiger partial charge in [0.25, 0.3) is 0 Å². The number of nitrogens with zero attached hydrogens (tertiary/aromatic N) is 2. The number of rotatable bonds is 3. The zero-order chi connectivity index (χ0) is 12.1. The van der Waals surface area contributed by atoms with Gasteiger partial charge in [-0.05, 0) is 5.92 Å². The summed E-state index contributed by atoms with van der Waals surface area (Å²) in [6.45, 7) is 7.77. The maximum Gasteiger partial charge on any atom is 0.239 e. The van der Waals surface area contributed by atoms with Gasteiger partial charge < -0.3 is 10.6 Å². The Balaban J connectivity index is 2.42. The fourth-order valence-corrected chi connectivity index (χ4v) is 1.75. The highest BCUT2D eigenvalue weighted by Gasteiger charge is 2.26. The molecule has 0 unspecified atom stereocenters. The zero-order valence-corrected chi connectivity index (χ0v) is 10.1. The molecule has 1 fully saturated rings. The van der Waals surface area contributed by atoms with Crippen LogP contribution in [0.3, 0.4) is 0 Å². The quantitative estimate of drug-likeness (QED) is 0.671. The molecule has 0 bridgehead atoms. The predicted molar refractivity (Wildman–Crippen MR) is 64.7 cm³/mol. The van der Waals surface area contributed by atoms with Crippen molar-refractivity contribution in [2.75, 3.05) is 32.7 Å². The van der Waals surface area contributed by atoms with Crippen molar-refractivity contribution in [2.45, 2.75) is 19.9 Å². The van der Waals surface area contributed by atoms with Crippen LogP contribution in [0, 0.1) is 18.3 Å². The monoisotopic (exact) mass is 223 g/mol. The van der Waals surface area contributed by atoms with Gasteiger partial charge in [-0.2, -0.15) is 0 Å². The molecule has 0 aromatic carbocycles. The van der Waals surface area contributed by atoms with Gasteiger partial charge in [-0.3, -0.25) is 9.69 Å². The molecular weight excluding hydrogens is 202 g/mol. The summed E-state index contributed by atoms with van der Waals surface area (Å²) in [7, 11) is 0. The molecule has 1 amide bonds. The van der Waals surface area contributed by atoms with Gasteiger partial charge in [0.15, 0.2) is 0 Å². The van der Waals surface area contributed by atoms with E-state index in [1.807, 2.05) is 18.7 Å². The smallest absolute Gasteiger partial charge is 0.239 e. The van der Waals surface area contributed by atoms with E-state index in [0.717, 1.165) is 26.2 Å². The van der Waals surface area contributed by atoms with Crippen LogP contribution in [0.15, 0.2) is 0 Å². The Morgan fingerprint density at radius 3 is 2.38 bits per heavy atom. The molecule has 90 valence electrons. The average molecular weight is 223 g/mol. The molecular formula is C12H21N3O. The van der Waals surface area contributed by atoms with Crippen molar-refractivity contribution >= 4 is 5.91 Å². The molecule has 4 heteroatoms. The molecule has 16 heavy (non-hydrogen) atoms. The second kappa shape index (κ2) is 5.88. The molecule has 1 rings (SSSR count). The lowest BCUT2D eigenvalue weighted by Gasteiger charge is -2.35. The van der Waals surface area contributed by atoms with Crippen LogP contribution in [-0.2, 0) is 4.79 Å². The summed E-state index contributed by atoms with van der Waals surface area (Å²) in [6, 6.07) is -0.376. The highest BCUT2D eigenvalue weighted by Crippen LogP contribution is 2.07. The standard InChI is InChI=1S/C12H21N3O/c1-4-5-14-6-8-15(9-7-14)12(16)11(13)10(2)3/h1,10-11H,5-9,13H2,2-3H3/t11-/m0/s1. The van der Waals surface area contributed by atoms with Gasteiger partial charge in [-0.25, -0.2) is 0 Å². The van der Waals surface area contributed by atoms with E-state index in [0.29, 0.717) is 6.54 Å². The Labute approximate surface area is 97.8 Å². The van der Waals surface area contributed by atoms with Crippen molar-refractivity contribution in [3.05, 3.63) is 0 Å². The summed E-state index contributed by atoms with van der Waals surface area (Å²) in [5.41, 5.74) is 5.85. The van der Waals surface area contributed by atoms with Crippen molar-refractivity contribution in [2.24, 2.45) is 11.7 Å². The van der Waals surface area contributed by atoms with Crippen LogP contribution in [0.2, 0.25) is 0 Å². The number of hydrogen-bond acceptors (Lipinski definition) is 3. The van der Waals surface area contributed by atoms with Crippen molar-refractivity contribution in [3.63, 3.8) is 0 Å². The van der Waals surface area contributed by atoms with Gasteiger partial charge in [0.05, 0.1) is 12.6 Å². The van der Waals surface area contributed by atoms with E-state index in [4.69, 9.17) is 12.2 Å². The molecule has 1 aliphatic heterocycles. The van der Waals surface area contributed by atoms with E-state index in [1.54, 1.807) is 0 Å². The van der Waals surface area contributed by atoms with E-state index >= 15 is 0 Å². The van der Waals surface area contributed by atoms with Gasteiger partial charge in [0, 0.05) is 26.2 Å². The highest BCUT2D eigenvalue weighted by molar-refractivity contribution is 5.82. The molecule has 1 saturated heterocycles. The van der Waals surface area contributed by atoms with Crippen LogP contribution in [0.5, 0.6) is 0 Å². The van der Waals surface area contributed by atoms with Crippen LogP contribution in [-0.4, -0.2) is 54.5 Å². The van der Waals surface area contributed by atoms with Crippen LogP contribution in [0.4, 0.5) is 0 Å². The normalized spacial score (nSPS) is 19.6. The van der Waals surface area contributed by atoms with Gasteiger partial charge in [0.2, 0.25) is 5.91 Å². The third-order valence-corrected chi connectivity index (χ3v) is 3.00. The molecule has 1 atom stereocenters. The van der Waals surface area contributed by atoms with Gasteiger partial charge in [0.1, 0.15) is 0 Å². The SMILES string of the molecule is C#CCN1CCN(C(=O)[C@@H](N)C(C)C)CC1. The number of piperazine rings is 1. The summed E-state index contributed by atoms with van der Waals surface area (Å²) in [6.07, 6.45) is 5.25. The molecule has 2 N–H and O–H groups in total. The Kier molecular flexibility index (Phi) is 4.78. The van der Waals surface area contributed by atoms with Gasteiger partial charge in [-0.1, -0.05) is 19.8 Å². The number of nitrogens with two attached hydrogens (primary N) is 1. The molecule has 0 saturated carbocycles. The third-order valence-electron chi connectivity index (χ3n) is 3.00. The second-order valence-electron chi connectivity index (χ2n) is 4.58. The highest BCUT2D eigenvalue weighted by atomic mass is 16.2. The zero-order valence-electron chi connectivity index (χ0n) is 10.1. The van der Waals surface area contributed by atoms with E-state index < -0.39 is 0 Å². The minimum Gasteiger partial charge on any atom is -0.339 e. The lowest BCUT2D eigenvalue weighted by Crippen LogP contribution is -2.54. The molecule has 0 spiro atoms. The first kappa shape index (κ1) is 13.0. The predicted octanol–water partition coefficient (Wildman–Crippen LogP) is -0.253. The average Bonchev–Trinajstić information content (AvgIpc) is 2.28. The van der Waals surface area contributed by atoms with E-state index in [9.17, 15) is 4.79 Å². The fraction of sp³-hybridized carbons (Fsp3) is 0.750. The Morgan fingerprint density at radius 1 is 1.38 bits per heavy atom. The number of carbonyl (C=O) groups excluding carboxylic acids is 1. The Hall–Kier alpha value is -1.05. The van der Waals surface area contributed by atoms with E-state index in [-0.39, 0.29) is 17.9 Å². The number of amides is 1. The molecule has 1 aliphatic rings. The minimum absolute atomic E-state index is 0.0651. The van der Waals surface area contributed by atoms with Crippen molar-refractivity contribution in [1.82, 2.24) is 9.80 Å². The summed E-state index contributed by atoms with van der Waals surface area (Å²) < 4.78 is 0. The van der Waals surface area contributed by atoms with Gasteiger partial charge >= 0.3 is 0 Å². The van der Waals surface area contributed by atoms with Crippen LogP contribution >= 0.6 is 0 Å². The summed E-state index contributed by atoms with van der Waals surface area (Å²) in [5.74, 6) is 2.88. The van der Waals surface area contributed by atoms with E-state index in [2.05, 4.69) is 10.8 Å². The third kappa shape index (κ3) is 3.22. The summed E-state index contributed by atoms with van der Waals surface area (Å²) in [4.78, 5) is 16.0. The molecule has 0 radical (unpaired) electrons. The second-order valence-corrected chi connectivity index (χ2v) is 4.58. The van der Waals surface area contributed by atoms with Crippen molar-refractivity contribution in [3.8, 4) is 12.3 Å². The molecule has 0 aliphatic carbocycles. The van der Waals surface area contributed by atoms with Crippen LogP contribution in [0.1, 0.15) is 13.8 Å². The summed E-state index contributed by atoms with van der Waals surface area (Å²) in [5, 5.41) is 0. The molecule has 0 aromatic heterocycles. The maximum atomic E-state index is 11.9. The molecule has 1 heterocycles. The molecule has 4 nitrogen and oxygen atoms in total. The fourth-order valence-electron chi connectivity index (χ4n) is 1.75. The maximum absolute atomic E-state index is 11.9. The molecule has 0 aromatic rings. The van der Waals surface area contributed by atoms with Crippen molar-refractivity contribution < 1.29 is 4.79 Å². The Morgan fingerprint density at radius 2 is 1.94 bits per heavy atom. The van der Waals surface area contributed by atoms with Crippen LogP contribution < -0.4 is 5.73 Å². The topological polar surface area (TPSA) is 49.6 Å². The first-order valence-corrected chi connectivity index (χ1v) is 5.76. The first-order chi connectivity index (χ1) is 7.56. The largest absolute Gasteiger partial charge is 0.339 e.